The molecule has 2 aromatic rings. The Labute approximate surface area is 117 Å². The summed E-state index contributed by atoms with van der Waals surface area (Å²) in [7, 11) is 0. The van der Waals surface area contributed by atoms with Crippen molar-refractivity contribution in [3.05, 3.63) is 33.8 Å². The molecule has 21 heavy (non-hydrogen) atoms. The van der Waals surface area contributed by atoms with E-state index in [0.717, 1.165) is 4.80 Å². The van der Waals surface area contributed by atoms with Crippen molar-refractivity contribution in [2.24, 2.45) is 5.10 Å². The summed E-state index contributed by atoms with van der Waals surface area (Å²) in [5.74, 6) is -0.534. The number of hydrazone groups is 1. The van der Waals surface area contributed by atoms with E-state index >= 15 is 0 Å². The first-order chi connectivity index (χ1) is 9.97. The fourth-order valence-electron chi connectivity index (χ4n) is 1.44. The van der Waals surface area contributed by atoms with E-state index in [-0.39, 0.29) is 6.54 Å². The van der Waals surface area contributed by atoms with Crippen LogP contribution in [0.5, 0.6) is 0 Å². The molecule has 0 spiro atoms. The SMILES string of the molecule is C/C(Cn1nnc([N+](=O)[O-])n1)=N/NC(=O)c1ccoc1C. The predicted molar refractivity (Wildman–Crippen MR) is 68.5 cm³/mol. The second-order valence-electron chi connectivity index (χ2n) is 4.06. The molecule has 2 rings (SSSR count). The molecule has 0 unspecified atom stereocenters. The van der Waals surface area contributed by atoms with Crippen LogP contribution in [0.4, 0.5) is 5.95 Å². The first kappa shape index (κ1) is 14.3. The maximum atomic E-state index is 11.8. The van der Waals surface area contributed by atoms with Gasteiger partial charge in [-0.25, -0.2) is 5.43 Å². The summed E-state index contributed by atoms with van der Waals surface area (Å²) in [4.78, 5) is 22.4. The van der Waals surface area contributed by atoms with Crippen molar-refractivity contribution in [2.45, 2.75) is 20.4 Å². The molecule has 0 radical (unpaired) electrons. The molecular weight excluding hydrogens is 282 g/mol. The van der Waals surface area contributed by atoms with Gasteiger partial charge < -0.3 is 14.5 Å². The molecule has 11 nitrogen and oxygen atoms in total. The molecule has 0 aromatic carbocycles. The highest BCUT2D eigenvalue weighted by Crippen LogP contribution is 2.07. The highest BCUT2D eigenvalue weighted by molar-refractivity contribution is 5.95. The van der Waals surface area contributed by atoms with Gasteiger partial charge in [-0.1, -0.05) is 4.80 Å². The van der Waals surface area contributed by atoms with E-state index in [9.17, 15) is 14.9 Å². The van der Waals surface area contributed by atoms with Crippen LogP contribution in [0.2, 0.25) is 0 Å². The van der Waals surface area contributed by atoms with E-state index in [2.05, 4.69) is 25.9 Å². The smallest absolute Gasteiger partial charge is 0.469 e. The normalized spacial score (nSPS) is 11.4. The molecule has 0 fully saturated rings. The number of amides is 1. The number of carbonyl (C=O) groups excluding carboxylic acids is 1. The third-order valence-corrected chi connectivity index (χ3v) is 2.43. The lowest BCUT2D eigenvalue weighted by atomic mass is 10.2. The summed E-state index contributed by atoms with van der Waals surface area (Å²) in [5, 5.41) is 24.5. The third kappa shape index (κ3) is 3.46. The summed E-state index contributed by atoms with van der Waals surface area (Å²) in [5.41, 5.74) is 3.16. The summed E-state index contributed by atoms with van der Waals surface area (Å²) in [6, 6.07) is 1.53. The summed E-state index contributed by atoms with van der Waals surface area (Å²) < 4.78 is 5.01. The van der Waals surface area contributed by atoms with Crippen molar-refractivity contribution in [1.29, 1.82) is 0 Å². The number of rotatable bonds is 5. The average Bonchev–Trinajstić information content (AvgIpc) is 3.05. The molecule has 2 aromatic heterocycles. The Morgan fingerprint density at radius 1 is 1.62 bits per heavy atom. The highest BCUT2D eigenvalue weighted by atomic mass is 16.6. The fourth-order valence-corrected chi connectivity index (χ4v) is 1.44. The molecule has 11 heteroatoms. The monoisotopic (exact) mass is 293 g/mol. The van der Waals surface area contributed by atoms with E-state index in [1.165, 1.54) is 12.3 Å². The van der Waals surface area contributed by atoms with Crippen LogP contribution in [0.1, 0.15) is 23.0 Å². The first-order valence-electron chi connectivity index (χ1n) is 5.77. The molecule has 2 heterocycles. The van der Waals surface area contributed by atoms with Crippen LogP contribution in [-0.2, 0) is 6.54 Å². The number of furan rings is 1. The molecule has 1 N–H and O–H groups in total. The van der Waals surface area contributed by atoms with Gasteiger partial charge in [0, 0.05) is 5.21 Å². The van der Waals surface area contributed by atoms with Gasteiger partial charge in [0.1, 0.15) is 12.3 Å². The Hall–Kier alpha value is -3.11. The molecule has 0 bridgehead atoms. The zero-order chi connectivity index (χ0) is 15.4. The quantitative estimate of drug-likeness (QED) is 0.474. The van der Waals surface area contributed by atoms with Crippen molar-refractivity contribution >= 4 is 17.6 Å². The number of nitro groups is 1. The van der Waals surface area contributed by atoms with Gasteiger partial charge in [0.2, 0.25) is 0 Å². The third-order valence-electron chi connectivity index (χ3n) is 2.43. The average molecular weight is 293 g/mol. The van der Waals surface area contributed by atoms with Gasteiger partial charge in [-0.15, -0.1) is 0 Å². The topological polar surface area (TPSA) is 141 Å². The zero-order valence-electron chi connectivity index (χ0n) is 11.2. The van der Waals surface area contributed by atoms with Gasteiger partial charge in [-0.3, -0.25) is 4.79 Å². The highest BCUT2D eigenvalue weighted by Gasteiger charge is 2.16. The molecule has 1 amide bonds. The molecule has 0 aliphatic heterocycles. The summed E-state index contributed by atoms with van der Waals surface area (Å²) >= 11 is 0. The number of aryl methyl sites for hydroxylation is 1. The second kappa shape index (κ2) is 5.90. The molecule has 0 saturated heterocycles. The van der Waals surface area contributed by atoms with Crippen LogP contribution >= 0.6 is 0 Å². The molecule has 0 atom stereocenters. The molecule has 0 aliphatic rings. The minimum Gasteiger partial charge on any atom is -0.469 e. The minimum atomic E-state index is -0.751. The van der Waals surface area contributed by atoms with Crippen LogP contribution in [0.25, 0.3) is 0 Å². The Kier molecular flexibility index (Phi) is 4.02. The van der Waals surface area contributed by atoms with E-state index in [0.29, 0.717) is 17.0 Å². The predicted octanol–water partition coefficient (Wildman–Crippen LogP) is 0.289. The van der Waals surface area contributed by atoms with Gasteiger partial charge in [-0.05, 0) is 24.8 Å². The standard InChI is InChI=1S/C10H11N7O4/c1-6(5-16-14-10(13-15-16)17(19)20)11-12-9(18)8-3-4-21-7(8)2/h3-4H,5H2,1-2H3,(H,12,18)/b11-6-. The van der Waals surface area contributed by atoms with E-state index < -0.39 is 16.8 Å². The Balaban J connectivity index is 1.96. The van der Waals surface area contributed by atoms with Gasteiger partial charge in [0.05, 0.1) is 27.7 Å². The Morgan fingerprint density at radius 2 is 2.38 bits per heavy atom. The lowest BCUT2D eigenvalue weighted by Crippen LogP contribution is -2.21. The number of aromatic nitrogens is 4. The van der Waals surface area contributed by atoms with Crippen LogP contribution in [0.3, 0.4) is 0 Å². The number of hydrogen-bond acceptors (Lipinski definition) is 8. The van der Waals surface area contributed by atoms with Crippen molar-refractivity contribution in [2.75, 3.05) is 0 Å². The summed E-state index contributed by atoms with van der Waals surface area (Å²) in [6.07, 6.45) is 1.40. The maximum absolute atomic E-state index is 11.8. The molecule has 0 saturated carbocycles. The summed E-state index contributed by atoms with van der Waals surface area (Å²) in [6.45, 7) is 3.33. The largest absolute Gasteiger partial charge is 0.514 e. The van der Waals surface area contributed by atoms with E-state index in [1.807, 2.05) is 0 Å². The minimum absolute atomic E-state index is 0.0610. The Morgan fingerprint density at radius 3 is 2.95 bits per heavy atom. The lowest BCUT2D eigenvalue weighted by molar-refractivity contribution is -0.394. The maximum Gasteiger partial charge on any atom is 0.514 e. The number of nitrogens with one attached hydrogen (secondary N) is 1. The van der Waals surface area contributed by atoms with Crippen molar-refractivity contribution in [3.63, 3.8) is 0 Å². The first-order valence-corrected chi connectivity index (χ1v) is 5.77. The fraction of sp³-hybridized carbons (Fsp3) is 0.300. The molecule has 110 valence electrons. The molecular formula is C10H11N7O4. The van der Waals surface area contributed by atoms with E-state index in [4.69, 9.17) is 4.42 Å². The second-order valence-corrected chi connectivity index (χ2v) is 4.06. The zero-order valence-corrected chi connectivity index (χ0v) is 11.2. The van der Waals surface area contributed by atoms with Crippen LogP contribution < -0.4 is 5.43 Å². The van der Waals surface area contributed by atoms with Crippen LogP contribution in [-0.4, -0.2) is 36.7 Å². The van der Waals surface area contributed by atoms with Crippen LogP contribution in [0.15, 0.2) is 21.8 Å². The van der Waals surface area contributed by atoms with Gasteiger partial charge >= 0.3 is 5.95 Å². The van der Waals surface area contributed by atoms with E-state index in [1.54, 1.807) is 13.8 Å². The molecule has 0 aliphatic carbocycles. The van der Waals surface area contributed by atoms with Gasteiger partial charge in [-0.2, -0.15) is 5.10 Å². The number of hydrogen-bond donors (Lipinski definition) is 1. The number of carbonyl (C=O) groups is 1. The Bertz CT molecular complexity index is 702. The van der Waals surface area contributed by atoms with Gasteiger partial charge in [0.25, 0.3) is 5.91 Å². The van der Waals surface area contributed by atoms with Crippen LogP contribution in [0, 0.1) is 17.0 Å². The van der Waals surface area contributed by atoms with Crippen molar-refractivity contribution in [1.82, 2.24) is 25.6 Å². The number of tetrazole rings is 1. The van der Waals surface area contributed by atoms with Crippen molar-refractivity contribution in [3.8, 4) is 0 Å². The lowest BCUT2D eigenvalue weighted by Gasteiger charge is -2.00. The van der Waals surface area contributed by atoms with Crippen molar-refractivity contribution < 1.29 is 14.1 Å². The van der Waals surface area contributed by atoms with Gasteiger partial charge in [0.15, 0.2) is 0 Å². The number of nitrogens with zero attached hydrogens (tertiary/aromatic N) is 6.